The molecule has 0 spiro atoms. The Labute approximate surface area is 112 Å². The summed E-state index contributed by atoms with van der Waals surface area (Å²) in [4.78, 5) is 3.98. The van der Waals surface area contributed by atoms with Crippen LogP contribution in [0.15, 0.2) is 36.4 Å². The number of benzene rings is 1. The summed E-state index contributed by atoms with van der Waals surface area (Å²) in [6.45, 7) is -0.269. The van der Waals surface area contributed by atoms with Crippen LogP contribution in [0.3, 0.4) is 0 Å². The molecule has 100 valence electrons. The lowest BCUT2D eigenvalue weighted by molar-refractivity contribution is -0.137. The van der Waals surface area contributed by atoms with Crippen molar-refractivity contribution in [1.29, 1.82) is 0 Å². The Hall–Kier alpha value is -1.59. The van der Waals surface area contributed by atoms with Gasteiger partial charge in [-0.3, -0.25) is 0 Å². The second-order valence-corrected chi connectivity index (χ2v) is 4.24. The molecule has 0 aliphatic heterocycles. The largest absolute Gasteiger partial charge is 0.416 e. The van der Waals surface area contributed by atoms with Crippen LogP contribution in [0.25, 0.3) is 11.3 Å². The molecule has 0 aliphatic rings. The van der Waals surface area contributed by atoms with Crippen molar-refractivity contribution in [2.24, 2.45) is 0 Å². The Kier molecular flexibility index (Phi) is 3.78. The lowest BCUT2D eigenvalue weighted by atomic mass is 10.1. The standard InChI is InChI=1S/C13H9ClF3NO/c14-12-9(7-19)4-5-11(18-12)8-2-1-3-10(6-8)13(15,16)17/h1-6,19H,7H2. The molecule has 19 heavy (non-hydrogen) atoms. The normalized spacial score (nSPS) is 11.6. The molecule has 0 bridgehead atoms. The van der Waals surface area contributed by atoms with Crippen LogP contribution >= 0.6 is 11.6 Å². The first-order chi connectivity index (χ1) is 8.91. The van der Waals surface area contributed by atoms with Crippen LogP contribution in [0.5, 0.6) is 0 Å². The van der Waals surface area contributed by atoms with Crippen molar-refractivity contribution in [1.82, 2.24) is 4.98 Å². The Morgan fingerprint density at radius 1 is 1.16 bits per heavy atom. The average molecular weight is 288 g/mol. The topological polar surface area (TPSA) is 33.1 Å². The molecule has 1 N–H and O–H groups in total. The lowest BCUT2D eigenvalue weighted by Crippen LogP contribution is -2.04. The fraction of sp³-hybridized carbons (Fsp3) is 0.154. The predicted octanol–water partition coefficient (Wildman–Crippen LogP) is 3.91. The van der Waals surface area contributed by atoms with Crippen LogP contribution in [0, 0.1) is 0 Å². The zero-order valence-corrected chi connectivity index (χ0v) is 10.3. The molecular weight excluding hydrogens is 279 g/mol. The number of rotatable bonds is 2. The van der Waals surface area contributed by atoms with Gasteiger partial charge in [0.15, 0.2) is 0 Å². The van der Waals surface area contributed by atoms with Crippen LogP contribution < -0.4 is 0 Å². The predicted molar refractivity (Wildman–Crippen MR) is 65.6 cm³/mol. The maximum atomic E-state index is 12.6. The SMILES string of the molecule is OCc1ccc(-c2cccc(C(F)(F)F)c2)nc1Cl. The number of aliphatic hydroxyl groups is 1. The summed E-state index contributed by atoms with van der Waals surface area (Å²) in [5, 5.41) is 9.04. The molecule has 0 fully saturated rings. The van der Waals surface area contributed by atoms with E-state index in [1.54, 1.807) is 0 Å². The minimum atomic E-state index is -4.40. The zero-order chi connectivity index (χ0) is 14.0. The van der Waals surface area contributed by atoms with Crippen LogP contribution in [0.1, 0.15) is 11.1 Å². The van der Waals surface area contributed by atoms with Gasteiger partial charge in [-0.05, 0) is 18.2 Å². The van der Waals surface area contributed by atoms with E-state index in [1.807, 2.05) is 0 Å². The van der Waals surface area contributed by atoms with Gasteiger partial charge in [-0.15, -0.1) is 0 Å². The maximum absolute atomic E-state index is 12.6. The second-order valence-electron chi connectivity index (χ2n) is 3.88. The van der Waals surface area contributed by atoms with Crippen LogP contribution in [0.2, 0.25) is 5.15 Å². The van der Waals surface area contributed by atoms with Crippen LogP contribution in [-0.4, -0.2) is 10.1 Å². The van der Waals surface area contributed by atoms with Gasteiger partial charge < -0.3 is 5.11 Å². The summed E-state index contributed by atoms with van der Waals surface area (Å²) in [5.74, 6) is 0. The first kappa shape index (κ1) is 13.8. The molecule has 1 heterocycles. The number of hydrogen-bond donors (Lipinski definition) is 1. The number of aliphatic hydroxyl groups excluding tert-OH is 1. The molecule has 6 heteroatoms. The Balaban J connectivity index is 2.45. The van der Waals surface area contributed by atoms with Gasteiger partial charge in [-0.2, -0.15) is 13.2 Å². The molecule has 0 aliphatic carbocycles. The summed E-state index contributed by atoms with van der Waals surface area (Å²) in [6, 6.07) is 7.89. The number of hydrogen-bond acceptors (Lipinski definition) is 2. The highest BCUT2D eigenvalue weighted by molar-refractivity contribution is 6.30. The summed E-state index contributed by atoms with van der Waals surface area (Å²) in [7, 11) is 0. The van der Waals surface area contributed by atoms with E-state index in [4.69, 9.17) is 16.7 Å². The molecule has 0 amide bonds. The van der Waals surface area contributed by atoms with Crippen molar-refractivity contribution in [3.05, 3.63) is 52.7 Å². The molecule has 2 nitrogen and oxygen atoms in total. The van der Waals surface area contributed by atoms with Crippen molar-refractivity contribution < 1.29 is 18.3 Å². The van der Waals surface area contributed by atoms with Crippen molar-refractivity contribution >= 4 is 11.6 Å². The minimum Gasteiger partial charge on any atom is -0.392 e. The molecule has 2 aromatic rings. The molecular formula is C13H9ClF3NO. The van der Waals surface area contributed by atoms with Gasteiger partial charge in [0, 0.05) is 11.1 Å². The number of alkyl halides is 3. The van der Waals surface area contributed by atoms with Crippen molar-refractivity contribution in [3.63, 3.8) is 0 Å². The Morgan fingerprint density at radius 2 is 1.89 bits per heavy atom. The highest BCUT2D eigenvalue weighted by Crippen LogP contribution is 2.32. The van der Waals surface area contributed by atoms with E-state index in [2.05, 4.69) is 4.98 Å². The molecule has 1 aromatic carbocycles. The van der Waals surface area contributed by atoms with Gasteiger partial charge in [0.25, 0.3) is 0 Å². The van der Waals surface area contributed by atoms with Gasteiger partial charge in [-0.25, -0.2) is 4.98 Å². The van der Waals surface area contributed by atoms with E-state index in [9.17, 15) is 13.2 Å². The average Bonchev–Trinajstić information content (AvgIpc) is 2.38. The quantitative estimate of drug-likeness (QED) is 0.850. The fourth-order valence-electron chi connectivity index (χ4n) is 1.60. The summed E-state index contributed by atoms with van der Waals surface area (Å²) in [5.41, 5.74) is 0.334. The molecule has 0 unspecified atom stereocenters. The van der Waals surface area contributed by atoms with Crippen LogP contribution in [-0.2, 0) is 12.8 Å². The van der Waals surface area contributed by atoms with Gasteiger partial charge in [0.05, 0.1) is 17.9 Å². The van der Waals surface area contributed by atoms with Crippen molar-refractivity contribution in [2.45, 2.75) is 12.8 Å². The fourth-order valence-corrected chi connectivity index (χ4v) is 1.81. The first-order valence-corrected chi connectivity index (χ1v) is 5.73. The zero-order valence-electron chi connectivity index (χ0n) is 9.58. The van der Waals surface area contributed by atoms with Gasteiger partial charge in [0.2, 0.25) is 0 Å². The molecule has 0 saturated heterocycles. The van der Waals surface area contributed by atoms with Gasteiger partial charge in [0.1, 0.15) is 5.15 Å². The maximum Gasteiger partial charge on any atom is 0.416 e. The minimum absolute atomic E-state index is 0.0809. The molecule has 2 rings (SSSR count). The first-order valence-electron chi connectivity index (χ1n) is 5.35. The Bertz CT molecular complexity index is 599. The molecule has 0 saturated carbocycles. The highest BCUT2D eigenvalue weighted by Gasteiger charge is 2.30. The number of halogens is 4. The molecule has 0 atom stereocenters. The third kappa shape index (κ3) is 3.05. The van der Waals surface area contributed by atoms with E-state index in [1.165, 1.54) is 24.3 Å². The smallest absolute Gasteiger partial charge is 0.392 e. The second kappa shape index (κ2) is 5.19. The summed E-state index contributed by atoms with van der Waals surface area (Å²) < 4.78 is 37.8. The van der Waals surface area contributed by atoms with E-state index >= 15 is 0 Å². The van der Waals surface area contributed by atoms with Gasteiger partial charge in [-0.1, -0.05) is 29.8 Å². The van der Waals surface area contributed by atoms with Crippen molar-refractivity contribution in [3.8, 4) is 11.3 Å². The van der Waals surface area contributed by atoms with Crippen LogP contribution in [0.4, 0.5) is 13.2 Å². The number of nitrogens with zero attached hydrogens (tertiary/aromatic N) is 1. The summed E-state index contributed by atoms with van der Waals surface area (Å²) >= 11 is 5.82. The lowest BCUT2D eigenvalue weighted by Gasteiger charge is -2.09. The molecule has 1 aromatic heterocycles. The number of aromatic nitrogens is 1. The van der Waals surface area contributed by atoms with E-state index in [0.29, 0.717) is 16.8 Å². The summed E-state index contributed by atoms with van der Waals surface area (Å²) in [6.07, 6.45) is -4.40. The monoisotopic (exact) mass is 287 g/mol. The third-order valence-electron chi connectivity index (χ3n) is 2.58. The highest BCUT2D eigenvalue weighted by atomic mass is 35.5. The van der Waals surface area contributed by atoms with Gasteiger partial charge >= 0.3 is 6.18 Å². The van der Waals surface area contributed by atoms with Crippen molar-refractivity contribution in [2.75, 3.05) is 0 Å². The Morgan fingerprint density at radius 3 is 2.47 bits per heavy atom. The number of pyridine rings is 1. The van der Waals surface area contributed by atoms with E-state index in [0.717, 1.165) is 12.1 Å². The van der Waals surface area contributed by atoms with E-state index in [-0.39, 0.29) is 11.8 Å². The van der Waals surface area contributed by atoms with E-state index < -0.39 is 11.7 Å². The molecule has 0 radical (unpaired) electrons. The third-order valence-corrected chi connectivity index (χ3v) is 2.91.